The zero-order chi connectivity index (χ0) is 17.7. The van der Waals surface area contributed by atoms with Gasteiger partial charge in [-0.1, -0.05) is 18.2 Å². The number of nitro groups is 1. The topological polar surface area (TPSA) is 89.8 Å². The Kier molecular flexibility index (Phi) is 2.48. The molecule has 2 amide bonds. The standard InChI is InChI=1S/C19H14N2O5/c22-18-14-15(17-11-7-10(11)16(14)26-17)19(23)20(18)12-5-6-13(21(24)25)9-4-2-1-3-8(9)12/h1-6,10-11,14-17H,7H2/t10-,11+,14+,15-,16?,17?. The van der Waals surface area contributed by atoms with Crippen molar-refractivity contribution in [1.82, 2.24) is 0 Å². The molecule has 4 fully saturated rings. The Morgan fingerprint density at radius 1 is 0.962 bits per heavy atom. The SMILES string of the molecule is O=C1[C@@H]2C3OC([C@H]4C[C@@H]34)[C@@H]2C(=O)N1c1ccc([N+](=O)[O-])c2ccccc12. The molecular weight excluding hydrogens is 336 g/mol. The van der Waals surface area contributed by atoms with Crippen LogP contribution < -0.4 is 4.90 Å². The molecule has 3 heterocycles. The summed E-state index contributed by atoms with van der Waals surface area (Å²) in [4.78, 5) is 38.3. The Balaban J connectivity index is 1.50. The van der Waals surface area contributed by atoms with Gasteiger partial charge in [0.25, 0.3) is 5.69 Å². The van der Waals surface area contributed by atoms with Crippen LogP contribution >= 0.6 is 0 Å². The van der Waals surface area contributed by atoms with Crippen LogP contribution in [0.3, 0.4) is 0 Å². The molecule has 0 N–H and O–H groups in total. The lowest BCUT2D eigenvalue weighted by atomic mass is 9.81. The average molecular weight is 350 g/mol. The highest BCUT2D eigenvalue weighted by molar-refractivity contribution is 6.26. The van der Waals surface area contributed by atoms with Crippen LogP contribution in [0.4, 0.5) is 11.4 Å². The monoisotopic (exact) mass is 350 g/mol. The number of ether oxygens (including phenoxy) is 1. The Labute approximate surface area is 147 Å². The van der Waals surface area contributed by atoms with Gasteiger partial charge in [-0.2, -0.15) is 0 Å². The minimum atomic E-state index is -0.448. The summed E-state index contributed by atoms with van der Waals surface area (Å²) in [5.41, 5.74) is 0.400. The van der Waals surface area contributed by atoms with Gasteiger partial charge in [-0.3, -0.25) is 19.7 Å². The van der Waals surface area contributed by atoms with Gasteiger partial charge in [0.15, 0.2) is 0 Å². The van der Waals surface area contributed by atoms with Crippen LogP contribution in [0.15, 0.2) is 36.4 Å². The number of benzene rings is 2. The van der Waals surface area contributed by atoms with Gasteiger partial charge in [-0.25, -0.2) is 4.90 Å². The molecule has 2 aromatic rings. The van der Waals surface area contributed by atoms with Gasteiger partial charge in [0.2, 0.25) is 11.8 Å². The highest BCUT2D eigenvalue weighted by Gasteiger charge is 2.73. The van der Waals surface area contributed by atoms with E-state index in [9.17, 15) is 19.7 Å². The quantitative estimate of drug-likeness (QED) is 0.471. The Bertz CT molecular complexity index is 1000. The lowest BCUT2D eigenvalue weighted by Gasteiger charge is -2.20. The van der Waals surface area contributed by atoms with E-state index in [1.54, 1.807) is 24.3 Å². The third-order valence-electron chi connectivity index (χ3n) is 6.47. The summed E-state index contributed by atoms with van der Waals surface area (Å²) in [5.74, 6) is -0.401. The van der Waals surface area contributed by atoms with E-state index in [2.05, 4.69) is 0 Å². The molecule has 6 atom stereocenters. The molecular formula is C19H14N2O5. The predicted octanol–water partition coefficient (Wildman–Crippen LogP) is 2.27. The molecule has 130 valence electrons. The van der Waals surface area contributed by atoms with Crippen LogP contribution in [0.25, 0.3) is 10.8 Å². The lowest BCUT2D eigenvalue weighted by molar-refractivity contribution is -0.383. The zero-order valence-corrected chi connectivity index (χ0v) is 13.6. The number of carbonyl (C=O) groups is 2. The molecule has 2 aromatic carbocycles. The number of hydrogen-bond acceptors (Lipinski definition) is 5. The fraction of sp³-hybridized carbons (Fsp3) is 0.368. The molecule has 0 aromatic heterocycles. The summed E-state index contributed by atoms with van der Waals surface area (Å²) in [7, 11) is 0. The van der Waals surface area contributed by atoms with Crippen LogP contribution in [-0.4, -0.2) is 28.9 Å². The average Bonchev–Trinajstić information content (AvgIpc) is 3.15. The van der Waals surface area contributed by atoms with E-state index in [0.29, 0.717) is 28.3 Å². The minimum Gasteiger partial charge on any atom is -0.373 e. The number of non-ortho nitro benzene ring substituents is 1. The number of hydrogen-bond donors (Lipinski definition) is 0. The smallest absolute Gasteiger partial charge is 0.277 e. The summed E-state index contributed by atoms with van der Waals surface area (Å²) in [5, 5.41) is 12.3. The molecule has 26 heavy (non-hydrogen) atoms. The maximum atomic E-state index is 13.1. The third kappa shape index (κ3) is 1.53. The van der Waals surface area contributed by atoms with Gasteiger partial charge in [0, 0.05) is 11.5 Å². The number of amides is 2. The molecule has 1 aliphatic carbocycles. The lowest BCUT2D eigenvalue weighted by Crippen LogP contribution is -2.35. The molecule has 0 spiro atoms. The first-order valence-electron chi connectivity index (χ1n) is 8.77. The van der Waals surface area contributed by atoms with E-state index in [4.69, 9.17) is 4.74 Å². The molecule has 7 nitrogen and oxygen atoms in total. The molecule has 4 aliphatic rings. The van der Waals surface area contributed by atoms with E-state index < -0.39 is 16.8 Å². The molecule has 3 saturated heterocycles. The van der Waals surface area contributed by atoms with E-state index >= 15 is 0 Å². The second-order valence-corrected chi connectivity index (χ2v) is 7.60. The number of nitrogens with zero attached hydrogens (tertiary/aromatic N) is 2. The number of anilines is 1. The summed E-state index contributed by atoms with van der Waals surface area (Å²) in [6, 6.07) is 9.71. The van der Waals surface area contributed by atoms with Gasteiger partial charge in [0.05, 0.1) is 40.0 Å². The van der Waals surface area contributed by atoms with Crippen LogP contribution in [0.1, 0.15) is 6.42 Å². The second kappa shape index (κ2) is 4.48. The maximum Gasteiger partial charge on any atom is 0.277 e. The molecule has 3 aliphatic heterocycles. The molecule has 0 radical (unpaired) electrons. The number of nitro benzene ring substituents is 1. The summed E-state index contributed by atoms with van der Waals surface area (Å²) in [6.45, 7) is 0. The first-order valence-corrected chi connectivity index (χ1v) is 8.77. The highest BCUT2D eigenvalue weighted by atomic mass is 16.6. The van der Waals surface area contributed by atoms with E-state index in [0.717, 1.165) is 6.42 Å². The summed E-state index contributed by atoms with van der Waals surface area (Å²) < 4.78 is 5.91. The fourth-order valence-electron chi connectivity index (χ4n) is 5.34. The van der Waals surface area contributed by atoms with Crippen LogP contribution in [0.5, 0.6) is 0 Å². The highest BCUT2D eigenvalue weighted by Crippen LogP contribution is 2.65. The van der Waals surface area contributed by atoms with Crippen molar-refractivity contribution in [2.24, 2.45) is 23.7 Å². The second-order valence-electron chi connectivity index (χ2n) is 7.60. The molecule has 7 heteroatoms. The normalized spacial score (nSPS) is 36.5. The predicted molar refractivity (Wildman–Crippen MR) is 90.3 cm³/mol. The summed E-state index contributed by atoms with van der Waals surface area (Å²) >= 11 is 0. The van der Waals surface area contributed by atoms with Crippen molar-refractivity contribution in [3.63, 3.8) is 0 Å². The van der Waals surface area contributed by atoms with Crippen LogP contribution in [-0.2, 0) is 14.3 Å². The van der Waals surface area contributed by atoms with Gasteiger partial charge in [0.1, 0.15) is 0 Å². The Hall–Kier alpha value is -2.80. The van der Waals surface area contributed by atoms with E-state index in [-0.39, 0.29) is 29.7 Å². The van der Waals surface area contributed by atoms with Gasteiger partial charge < -0.3 is 4.74 Å². The first-order chi connectivity index (χ1) is 12.6. The number of imide groups is 1. The zero-order valence-electron chi connectivity index (χ0n) is 13.6. The fourth-order valence-corrected chi connectivity index (χ4v) is 5.34. The maximum absolute atomic E-state index is 13.1. The van der Waals surface area contributed by atoms with Crippen molar-refractivity contribution in [2.45, 2.75) is 18.6 Å². The third-order valence-corrected chi connectivity index (χ3v) is 6.47. The molecule has 2 unspecified atom stereocenters. The molecule has 1 saturated carbocycles. The Morgan fingerprint density at radius 2 is 1.58 bits per heavy atom. The summed E-state index contributed by atoms with van der Waals surface area (Å²) in [6.07, 6.45) is 0.783. The van der Waals surface area contributed by atoms with Crippen molar-refractivity contribution >= 4 is 34.0 Å². The first kappa shape index (κ1) is 14.4. The van der Waals surface area contributed by atoms with Crippen molar-refractivity contribution < 1.29 is 19.2 Å². The van der Waals surface area contributed by atoms with Crippen molar-refractivity contribution in [3.8, 4) is 0 Å². The van der Waals surface area contributed by atoms with E-state index in [1.807, 2.05) is 0 Å². The Morgan fingerprint density at radius 3 is 2.19 bits per heavy atom. The van der Waals surface area contributed by atoms with Gasteiger partial charge in [-0.05, 0) is 30.4 Å². The van der Waals surface area contributed by atoms with Crippen molar-refractivity contribution in [2.75, 3.05) is 4.90 Å². The number of rotatable bonds is 2. The van der Waals surface area contributed by atoms with Crippen molar-refractivity contribution in [3.05, 3.63) is 46.5 Å². The molecule has 2 bridgehead atoms. The largest absolute Gasteiger partial charge is 0.373 e. The minimum absolute atomic E-state index is 0.0340. The van der Waals surface area contributed by atoms with Crippen molar-refractivity contribution in [1.29, 1.82) is 0 Å². The molecule has 6 rings (SSSR count). The van der Waals surface area contributed by atoms with E-state index in [1.165, 1.54) is 17.0 Å². The number of fused-ring (bicyclic) bond motifs is 9. The van der Waals surface area contributed by atoms with Gasteiger partial charge in [-0.15, -0.1) is 0 Å². The van der Waals surface area contributed by atoms with Crippen LogP contribution in [0.2, 0.25) is 0 Å². The van der Waals surface area contributed by atoms with Crippen LogP contribution in [0, 0.1) is 33.8 Å². The number of carbonyl (C=O) groups excluding carboxylic acids is 2. The van der Waals surface area contributed by atoms with Gasteiger partial charge >= 0.3 is 0 Å².